The van der Waals surface area contributed by atoms with Crippen molar-refractivity contribution in [1.29, 1.82) is 0 Å². The van der Waals surface area contributed by atoms with Gasteiger partial charge in [0.25, 0.3) is 0 Å². The Labute approximate surface area is 78.1 Å². The van der Waals surface area contributed by atoms with E-state index in [1.807, 2.05) is 0 Å². The normalized spacial score (nSPS) is 11.7. The van der Waals surface area contributed by atoms with Crippen LogP contribution in [0.2, 0.25) is 6.04 Å². The van der Waals surface area contributed by atoms with Crippen molar-refractivity contribution in [2.75, 3.05) is 21.3 Å². The van der Waals surface area contributed by atoms with Crippen molar-refractivity contribution in [3.8, 4) is 0 Å². The molecular formula is C6H13ClO4Si. The lowest BCUT2D eigenvalue weighted by molar-refractivity contribution is -0.111. The molecule has 0 bridgehead atoms. The highest BCUT2D eigenvalue weighted by atomic mass is 35.5. The van der Waals surface area contributed by atoms with E-state index in [0.29, 0.717) is 6.04 Å². The molecule has 0 aromatic carbocycles. The van der Waals surface area contributed by atoms with Gasteiger partial charge in [0, 0.05) is 33.8 Å². The third-order valence-electron chi connectivity index (χ3n) is 1.56. The van der Waals surface area contributed by atoms with Gasteiger partial charge in [0.1, 0.15) is 0 Å². The van der Waals surface area contributed by atoms with E-state index in [1.165, 1.54) is 21.3 Å². The molecule has 0 aliphatic carbocycles. The molecule has 0 aromatic heterocycles. The second-order valence-corrected chi connectivity index (χ2v) is 5.66. The highest BCUT2D eigenvalue weighted by molar-refractivity contribution is 6.66. The molecule has 0 radical (unpaired) electrons. The van der Waals surface area contributed by atoms with Crippen molar-refractivity contribution in [1.82, 2.24) is 0 Å². The van der Waals surface area contributed by atoms with E-state index in [9.17, 15) is 4.79 Å². The minimum atomic E-state index is -2.59. The molecule has 6 heteroatoms. The topological polar surface area (TPSA) is 44.8 Å². The Balaban J connectivity index is 4.01. The van der Waals surface area contributed by atoms with Gasteiger partial charge in [-0.2, -0.15) is 0 Å². The van der Waals surface area contributed by atoms with Gasteiger partial charge in [-0.1, -0.05) is 0 Å². The lowest BCUT2D eigenvalue weighted by Crippen LogP contribution is -2.42. The minimum Gasteiger partial charge on any atom is -0.377 e. The lowest BCUT2D eigenvalue weighted by Gasteiger charge is -2.23. The second kappa shape index (κ2) is 5.66. The van der Waals surface area contributed by atoms with Crippen molar-refractivity contribution >= 4 is 25.6 Å². The Morgan fingerprint density at radius 1 is 1.25 bits per heavy atom. The molecule has 0 amide bonds. The van der Waals surface area contributed by atoms with Crippen LogP contribution in [0.15, 0.2) is 0 Å². The SMILES string of the molecule is CO[Si](CCC(=O)Cl)(OC)OC. The summed E-state index contributed by atoms with van der Waals surface area (Å²) in [7, 11) is 1.91. The molecule has 4 nitrogen and oxygen atoms in total. The maximum atomic E-state index is 10.5. The summed E-state index contributed by atoms with van der Waals surface area (Å²) >= 11 is 5.17. The van der Waals surface area contributed by atoms with Crippen molar-refractivity contribution in [3.63, 3.8) is 0 Å². The quantitative estimate of drug-likeness (QED) is 0.487. The number of carbonyl (C=O) groups is 1. The fourth-order valence-corrected chi connectivity index (χ4v) is 2.71. The van der Waals surface area contributed by atoms with Crippen LogP contribution in [0.3, 0.4) is 0 Å². The maximum absolute atomic E-state index is 10.5. The Bertz CT molecular complexity index is 140. The smallest absolute Gasteiger partial charge is 0.377 e. The number of hydrogen-bond donors (Lipinski definition) is 0. The molecule has 0 saturated carbocycles. The molecule has 0 rings (SSSR count). The largest absolute Gasteiger partial charge is 0.500 e. The summed E-state index contributed by atoms with van der Waals surface area (Å²) in [5, 5.41) is -0.405. The van der Waals surface area contributed by atoms with Crippen LogP contribution in [0.25, 0.3) is 0 Å². The predicted octanol–water partition coefficient (Wildman–Crippen LogP) is 1.02. The van der Waals surface area contributed by atoms with E-state index in [0.717, 1.165) is 0 Å². The zero-order chi connectivity index (χ0) is 9.61. The minimum absolute atomic E-state index is 0.212. The van der Waals surface area contributed by atoms with E-state index >= 15 is 0 Å². The lowest BCUT2D eigenvalue weighted by atomic mass is 10.5. The van der Waals surface area contributed by atoms with Crippen molar-refractivity contribution in [2.24, 2.45) is 0 Å². The van der Waals surface area contributed by atoms with Crippen LogP contribution >= 0.6 is 11.6 Å². The zero-order valence-electron chi connectivity index (χ0n) is 7.43. The predicted molar refractivity (Wildman–Crippen MR) is 47.1 cm³/mol. The Morgan fingerprint density at radius 3 is 1.92 bits per heavy atom. The van der Waals surface area contributed by atoms with Crippen LogP contribution in [0, 0.1) is 0 Å². The van der Waals surface area contributed by atoms with Crippen molar-refractivity contribution < 1.29 is 18.1 Å². The summed E-state index contributed by atoms with van der Waals surface area (Å²) in [6.45, 7) is 0. The van der Waals surface area contributed by atoms with Crippen molar-refractivity contribution in [3.05, 3.63) is 0 Å². The molecule has 0 spiro atoms. The average molecular weight is 213 g/mol. The summed E-state index contributed by atoms with van der Waals surface area (Å²) in [6, 6.07) is 0.416. The van der Waals surface area contributed by atoms with E-state index in [4.69, 9.17) is 24.9 Å². The van der Waals surface area contributed by atoms with Gasteiger partial charge in [-0.3, -0.25) is 4.79 Å². The summed E-state index contributed by atoms with van der Waals surface area (Å²) in [5.41, 5.74) is 0. The van der Waals surface area contributed by atoms with Crippen molar-refractivity contribution in [2.45, 2.75) is 12.5 Å². The second-order valence-electron chi connectivity index (χ2n) is 2.15. The highest BCUT2D eigenvalue weighted by Crippen LogP contribution is 2.15. The summed E-state index contributed by atoms with van der Waals surface area (Å²) in [5.74, 6) is 0. The van der Waals surface area contributed by atoms with Gasteiger partial charge in [0.2, 0.25) is 5.24 Å². The van der Waals surface area contributed by atoms with Crippen LogP contribution in [-0.2, 0) is 18.1 Å². The van der Waals surface area contributed by atoms with Gasteiger partial charge in [0.05, 0.1) is 0 Å². The first-order valence-electron chi connectivity index (χ1n) is 3.44. The molecule has 0 aliphatic heterocycles. The van der Waals surface area contributed by atoms with Gasteiger partial charge >= 0.3 is 8.80 Å². The van der Waals surface area contributed by atoms with Gasteiger partial charge < -0.3 is 13.3 Å². The molecule has 0 N–H and O–H groups in total. The number of rotatable bonds is 6. The third-order valence-corrected chi connectivity index (χ3v) is 4.48. The van der Waals surface area contributed by atoms with Gasteiger partial charge in [-0.25, -0.2) is 0 Å². The fraction of sp³-hybridized carbons (Fsp3) is 0.833. The first kappa shape index (κ1) is 12.1. The average Bonchev–Trinajstić information content (AvgIpc) is 2.08. The number of halogens is 1. The standard InChI is InChI=1S/C6H13ClO4Si/c1-9-12(10-2,11-3)5-4-6(7)8/h4-5H2,1-3H3. The maximum Gasteiger partial charge on any atom is 0.500 e. The van der Waals surface area contributed by atoms with Crippen LogP contribution < -0.4 is 0 Å². The van der Waals surface area contributed by atoms with E-state index in [-0.39, 0.29) is 6.42 Å². The van der Waals surface area contributed by atoms with Gasteiger partial charge in [-0.15, -0.1) is 0 Å². The molecule has 0 unspecified atom stereocenters. The summed E-state index contributed by atoms with van der Waals surface area (Å²) in [4.78, 5) is 10.5. The van der Waals surface area contributed by atoms with E-state index < -0.39 is 14.0 Å². The van der Waals surface area contributed by atoms with E-state index in [1.54, 1.807) is 0 Å². The summed E-state index contributed by atoms with van der Waals surface area (Å²) < 4.78 is 15.2. The van der Waals surface area contributed by atoms with Gasteiger partial charge in [-0.05, 0) is 11.6 Å². The van der Waals surface area contributed by atoms with Gasteiger partial charge in [0.15, 0.2) is 0 Å². The van der Waals surface area contributed by atoms with E-state index in [2.05, 4.69) is 0 Å². The third kappa shape index (κ3) is 3.64. The van der Waals surface area contributed by atoms with Crippen LogP contribution in [0.1, 0.15) is 6.42 Å². The molecule has 0 atom stereocenters. The van der Waals surface area contributed by atoms with Crippen LogP contribution in [0.4, 0.5) is 0 Å². The molecule has 0 aromatic rings. The monoisotopic (exact) mass is 212 g/mol. The molecule has 12 heavy (non-hydrogen) atoms. The molecule has 72 valence electrons. The van der Waals surface area contributed by atoms with Crippen LogP contribution in [-0.4, -0.2) is 35.4 Å². The van der Waals surface area contributed by atoms with Crippen LogP contribution in [0.5, 0.6) is 0 Å². The Morgan fingerprint density at radius 2 is 1.67 bits per heavy atom. The Hall–Kier alpha value is 0.0569. The molecule has 0 aliphatic rings. The molecular weight excluding hydrogens is 200 g/mol. The zero-order valence-corrected chi connectivity index (χ0v) is 9.18. The number of carbonyl (C=O) groups excluding carboxylic acids is 1. The first-order valence-corrected chi connectivity index (χ1v) is 5.75. The highest BCUT2D eigenvalue weighted by Gasteiger charge is 2.37. The Kier molecular flexibility index (Phi) is 5.69. The molecule has 0 saturated heterocycles. The summed E-state index contributed by atoms with van der Waals surface area (Å²) in [6.07, 6.45) is 0.212. The molecule has 0 heterocycles. The number of hydrogen-bond acceptors (Lipinski definition) is 4. The molecule has 0 fully saturated rings. The fourth-order valence-electron chi connectivity index (χ4n) is 0.808. The first-order chi connectivity index (χ1) is 5.60.